The molecule has 0 radical (unpaired) electrons. The first-order valence-electron chi connectivity index (χ1n) is 4.68. The van der Waals surface area contributed by atoms with Gasteiger partial charge in [0.1, 0.15) is 0 Å². The highest BCUT2D eigenvalue weighted by Gasteiger charge is 2.21. The summed E-state index contributed by atoms with van der Waals surface area (Å²) >= 11 is 0. The zero-order valence-corrected chi connectivity index (χ0v) is 8.05. The van der Waals surface area contributed by atoms with Crippen molar-refractivity contribution in [3.8, 4) is 0 Å². The molecule has 0 N–H and O–H groups in total. The molecule has 0 amide bonds. The molecule has 1 heterocycles. The van der Waals surface area contributed by atoms with E-state index in [-0.39, 0.29) is 11.9 Å². The lowest BCUT2D eigenvalue weighted by molar-refractivity contribution is -0.553. The molecule has 0 aromatic heterocycles. The van der Waals surface area contributed by atoms with Crippen LogP contribution in [0.4, 0.5) is 0 Å². The number of nitrogens with zero attached hydrogens (tertiary/aromatic N) is 2. The van der Waals surface area contributed by atoms with E-state index in [1.807, 2.05) is 43.5 Å². The second kappa shape index (κ2) is 3.62. The van der Waals surface area contributed by atoms with E-state index in [1.54, 1.807) is 4.68 Å². The second-order valence-corrected chi connectivity index (χ2v) is 3.47. The Balaban J connectivity index is 2.27. The summed E-state index contributed by atoms with van der Waals surface area (Å²) in [5.74, 6) is -0.0373. The van der Waals surface area contributed by atoms with Gasteiger partial charge in [-0.2, -0.15) is 0 Å². The molecule has 0 saturated heterocycles. The van der Waals surface area contributed by atoms with Gasteiger partial charge in [0.25, 0.3) is 0 Å². The van der Waals surface area contributed by atoms with Crippen molar-refractivity contribution >= 4 is 12.1 Å². The normalized spacial score (nSPS) is 23.9. The molecule has 0 spiro atoms. The number of rotatable bonds is 1. The number of hydrogen-bond acceptors (Lipinski definition) is 2. The molecule has 0 aliphatic carbocycles. The van der Waals surface area contributed by atoms with E-state index in [0.717, 1.165) is 5.56 Å². The zero-order chi connectivity index (χ0) is 9.97. The lowest BCUT2D eigenvalue weighted by Gasteiger charge is -1.96. The molecule has 2 rings (SSSR count). The Hall–Kier alpha value is -1.64. The summed E-state index contributed by atoms with van der Waals surface area (Å²) in [5.41, 5.74) is 1.07. The van der Waals surface area contributed by atoms with Crippen molar-refractivity contribution in [2.24, 2.45) is 5.10 Å². The maximum absolute atomic E-state index is 11.0. The maximum Gasteiger partial charge on any atom is 0.203 e. The Morgan fingerprint density at radius 3 is 2.71 bits per heavy atom. The summed E-state index contributed by atoms with van der Waals surface area (Å²) in [5, 5.41) is 14.9. The van der Waals surface area contributed by atoms with E-state index >= 15 is 0 Å². The average Bonchev–Trinajstić information content (AvgIpc) is 2.47. The summed E-state index contributed by atoms with van der Waals surface area (Å²) in [6.45, 7) is 1.99. The van der Waals surface area contributed by atoms with Crippen LogP contribution in [0.15, 0.2) is 35.4 Å². The van der Waals surface area contributed by atoms with Crippen LogP contribution in [0.3, 0.4) is 0 Å². The van der Waals surface area contributed by atoms with E-state index in [4.69, 9.17) is 0 Å². The van der Waals surface area contributed by atoms with Gasteiger partial charge in [-0.05, 0) is 17.2 Å². The first-order chi connectivity index (χ1) is 6.75. The van der Waals surface area contributed by atoms with Crippen molar-refractivity contribution in [2.45, 2.75) is 19.4 Å². The molecular weight excluding hydrogens is 176 g/mol. The van der Waals surface area contributed by atoms with Gasteiger partial charge in [0.05, 0.1) is 0 Å². The van der Waals surface area contributed by atoms with Gasteiger partial charge >= 0.3 is 0 Å². The van der Waals surface area contributed by atoms with Gasteiger partial charge in [-0.3, -0.25) is 0 Å². The molecular formula is C11H12N2O. The summed E-state index contributed by atoms with van der Waals surface area (Å²) in [4.78, 5) is 0. The van der Waals surface area contributed by atoms with E-state index in [0.29, 0.717) is 6.42 Å². The third-order valence-electron chi connectivity index (χ3n) is 2.23. The topological polar surface area (TPSA) is 38.4 Å². The quantitative estimate of drug-likeness (QED) is 0.594. The van der Waals surface area contributed by atoms with Crippen LogP contribution in [0.5, 0.6) is 0 Å². The first kappa shape index (κ1) is 8.94. The van der Waals surface area contributed by atoms with Crippen molar-refractivity contribution in [2.75, 3.05) is 0 Å². The predicted octanol–water partition coefficient (Wildman–Crippen LogP) is 0.584. The zero-order valence-electron chi connectivity index (χ0n) is 8.05. The Morgan fingerprint density at radius 2 is 2.14 bits per heavy atom. The minimum Gasteiger partial charge on any atom is -0.857 e. The predicted molar refractivity (Wildman–Crippen MR) is 53.4 cm³/mol. The fraction of sp³-hybridized carbons (Fsp3) is 0.273. The molecule has 1 aliphatic rings. The van der Waals surface area contributed by atoms with Gasteiger partial charge in [0.2, 0.25) is 6.21 Å². The minimum atomic E-state index is -0.0373. The largest absolute Gasteiger partial charge is 0.857 e. The molecule has 14 heavy (non-hydrogen) atoms. The lowest BCUT2D eigenvalue weighted by Crippen LogP contribution is -2.17. The SMILES string of the molecule is CC1CC([O-])=N/[N+]1=C/c1ccccc1. The second-order valence-electron chi connectivity index (χ2n) is 3.47. The number of hydrazone groups is 1. The molecule has 0 bridgehead atoms. The van der Waals surface area contributed by atoms with Crippen LogP contribution < -0.4 is 5.11 Å². The number of hydrogen-bond donors (Lipinski definition) is 0. The van der Waals surface area contributed by atoms with Gasteiger partial charge in [0.15, 0.2) is 6.04 Å². The van der Waals surface area contributed by atoms with Crippen molar-refractivity contribution in [1.82, 2.24) is 0 Å². The van der Waals surface area contributed by atoms with Gasteiger partial charge < -0.3 is 5.11 Å². The van der Waals surface area contributed by atoms with Crippen LogP contribution in [0.1, 0.15) is 18.9 Å². The Kier molecular flexibility index (Phi) is 2.31. The first-order valence-corrected chi connectivity index (χ1v) is 4.68. The van der Waals surface area contributed by atoms with Crippen LogP contribution in [0.2, 0.25) is 0 Å². The van der Waals surface area contributed by atoms with Crippen molar-refractivity contribution < 1.29 is 9.79 Å². The van der Waals surface area contributed by atoms with E-state index in [1.165, 1.54) is 0 Å². The van der Waals surface area contributed by atoms with Gasteiger partial charge in [-0.15, -0.1) is 0 Å². The van der Waals surface area contributed by atoms with E-state index in [2.05, 4.69) is 5.10 Å². The minimum absolute atomic E-state index is 0.0373. The third kappa shape index (κ3) is 1.82. The standard InChI is InChI=1S/C11H12N2O/c1-9-7-11(14)12-13(9)8-10-5-3-2-4-6-10/h2-6,8-9H,7H2,1H3/b13-8+. The van der Waals surface area contributed by atoms with Gasteiger partial charge in [-0.1, -0.05) is 22.9 Å². The van der Waals surface area contributed by atoms with E-state index < -0.39 is 0 Å². The summed E-state index contributed by atoms with van der Waals surface area (Å²) in [6.07, 6.45) is 2.42. The molecule has 0 saturated carbocycles. The van der Waals surface area contributed by atoms with Crippen LogP contribution in [0, 0.1) is 0 Å². The molecule has 3 heteroatoms. The molecule has 0 fully saturated rings. The Morgan fingerprint density at radius 1 is 1.43 bits per heavy atom. The average molecular weight is 188 g/mol. The lowest BCUT2D eigenvalue weighted by atomic mass is 10.2. The molecule has 1 aliphatic heterocycles. The fourth-order valence-corrected chi connectivity index (χ4v) is 1.46. The van der Waals surface area contributed by atoms with Crippen LogP contribution in [-0.2, 0) is 0 Å². The highest BCUT2D eigenvalue weighted by molar-refractivity contribution is 5.77. The fourth-order valence-electron chi connectivity index (χ4n) is 1.46. The molecule has 1 aromatic rings. The van der Waals surface area contributed by atoms with Crippen LogP contribution in [0.25, 0.3) is 0 Å². The van der Waals surface area contributed by atoms with Crippen LogP contribution in [-0.4, -0.2) is 22.8 Å². The van der Waals surface area contributed by atoms with Gasteiger partial charge in [-0.25, -0.2) is 0 Å². The van der Waals surface area contributed by atoms with Crippen LogP contribution >= 0.6 is 0 Å². The summed E-state index contributed by atoms with van der Waals surface area (Å²) in [7, 11) is 0. The molecule has 72 valence electrons. The Labute approximate surface area is 83.0 Å². The van der Waals surface area contributed by atoms with Crippen molar-refractivity contribution in [3.63, 3.8) is 0 Å². The van der Waals surface area contributed by atoms with Crippen molar-refractivity contribution in [3.05, 3.63) is 35.9 Å². The monoisotopic (exact) mass is 188 g/mol. The summed E-state index contributed by atoms with van der Waals surface area (Å²) < 4.78 is 1.73. The molecule has 3 nitrogen and oxygen atoms in total. The highest BCUT2D eigenvalue weighted by atomic mass is 16.3. The number of benzene rings is 1. The van der Waals surface area contributed by atoms with E-state index in [9.17, 15) is 5.11 Å². The smallest absolute Gasteiger partial charge is 0.203 e. The third-order valence-corrected chi connectivity index (χ3v) is 2.23. The van der Waals surface area contributed by atoms with Gasteiger partial charge in [0, 0.05) is 24.8 Å². The molecule has 1 aromatic carbocycles. The Bertz CT molecular complexity index is 382. The van der Waals surface area contributed by atoms with Crippen molar-refractivity contribution in [1.29, 1.82) is 0 Å². The molecule has 1 atom stereocenters. The highest BCUT2D eigenvalue weighted by Crippen LogP contribution is 2.06. The summed E-state index contributed by atoms with van der Waals surface area (Å²) in [6, 6.07) is 10.1. The maximum atomic E-state index is 11.0. The molecule has 1 unspecified atom stereocenters.